The van der Waals surface area contributed by atoms with Crippen LogP contribution in [0.1, 0.15) is 26.7 Å². The molecule has 1 radical (unpaired) electrons. The molecule has 43 valence electrons. The van der Waals surface area contributed by atoms with Gasteiger partial charge in [0.1, 0.15) is 0 Å². The van der Waals surface area contributed by atoms with Gasteiger partial charge in [0.05, 0.1) is 0 Å². The zero-order valence-corrected chi connectivity index (χ0v) is 5.76. The van der Waals surface area contributed by atoms with Crippen LogP contribution in [0.5, 0.6) is 0 Å². The molecule has 0 aromatic carbocycles. The zero-order chi connectivity index (χ0) is 5.70. The van der Waals surface area contributed by atoms with Gasteiger partial charge in [-0.05, 0) is 18.8 Å². The van der Waals surface area contributed by atoms with Crippen molar-refractivity contribution in [3.8, 4) is 0 Å². The van der Waals surface area contributed by atoms with Crippen molar-refractivity contribution in [3.05, 3.63) is 5.92 Å². The number of rotatable bonds is 3. The summed E-state index contributed by atoms with van der Waals surface area (Å²) in [4.78, 5) is 0. The second-order valence-corrected chi connectivity index (χ2v) is 2.38. The minimum absolute atomic E-state index is 0.797. The normalized spacial score (nSPS) is 10.3. The van der Waals surface area contributed by atoms with Crippen molar-refractivity contribution in [2.45, 2.75) is 26.7 Å². The van der Waals surface area contributed by atoms with Gasteiger partial charge in [-0.3, -0.25) is 0 Å². The van der Waals surface area contributed by atoms with Gasteiger partial charge < -0.3 is 0 Å². The number of halogens is 1. The first kappa shape index (κ1) is 7.29. The number of alkyl halides is 1. The molecule has 0 heterocycles. The molecule has 0 aromatic rings. The van der Waals surface area contributed by atoms with Crippen molar-refractivity contribution >= 4 is 11.6 Å². The van der Waals surface area contributed by atoms with Gasteiger partial charge in [0.15, 0.2) is 0 Å². The highest BCUT2D eigenvalue weighted by Crippen LogP contribution is 2.05. The molecule has 0 amide bonds. The van der Waals surface area contributed by atoms with E-state index in [1.165, 1.54) is 12.3 Å². The van der Waals surface area contributed by atoms with E-state index < -0.39 is 0 Å². The maximum atomic E-state index is 5.43. The fourth-order valence-electron chi connectivity index (χ4n) is 0.420. The Bertz CT molecular complexity index is 33.2. The average molecular weight is 120 g/mol. The monoisotopic (exact) mass is 119 g/mol. The van der Waals surface area contributed by atoms with Gasteiger partial charge in [0.25, 0.3) is 0 Å². The van der Waals surface area contributed by atoms with E-state index in [1.807, 2.05) is 0 Å². The summed E-state index contributed by atoms with van der Waals surface area (Å²) in [6.45, 7) is 4.26. The van der Waals surface area contributed by atoms with Gasteiger partial charge in [-0.25, -0.2) is 0 Å². The van der Waals surface area contributed by atoms with Crippen LogP contribution in [-0.2, 0) is 0 Å². The summed E-state index contributed by atoms with van der Waals surface area (Å²) in [6, 6.07) is 0. The van der Waals surface area contributed by atoms with Gasteiger partial charge in [-0.15, -0.1) is 11.6 Å². The lowest BCUT2D eigenvalue weighted by molar-refractivity contribution is 0.811. The van der Waals surface area contributed by atoms with Crippen LogP contribution in [0.4, 0.5) is 0 Å². The Balaban J connectivity index is 2.68. The van der Waals surface area contributed by atoms with Crippen LogP contribution in [0.3, 0.4) is 0 Å². The molecular formula is C6H12Cl. The van der Waals surface area contributed by atoms with Crippen molar-refractivity contribution in [2.24, 2.45) is 0 Å². The maximum absolute atomic E-state index is 5.43. The molecule has 0 unspecified atom stereocenters. The van der Waals surface area contributed by atoms with Gasteiger partial charge in [-0.1, -0.05) is 13.8 Å². The van der Waals surface area contributed by atoms with Crippen molar-refractivity contribution in [2.75, 3.05) is 5.88 Å². The molecule has 0 saturated carbocycles. The fraction of sp³-hybridized carbons (Fsp3) is 0.833. The molecule has 0 aliphatic carbocycles. The second kappa shape index (κ2) is 4.45. The van der Waals surface area contributed by atoms with Crippen LogP contribution >= 0.6 is 11.6 Å². The summed E-state index contributed by atoms with van der Waals surface area (Å²) in [7, 11) is 0. The molecule has 0 fully saturated rings. The predicted molar refractivity (Wildman–Crippen MR) is 34.5 cm³/mol. The molecule has 1 heteroatoms. The molecule has 7 heavy (non-hydrogen) atoms. The van der Waals surface area contributed by atoms with Crippen LogP contribution in [0.25, 0.3) is 0 Å². The van der Waals surface area contributed by atoms with Gasteiger partial charge in [0.2, 0.25) is 0 Å². The summed E-state index contributed by atoms with van der Waals surface area (Å²) < 4.78 is 0. The maximum Gasteiger partial charge on any atom is 0.0223 e. The van der Waals surface area contributed by atoms with E-state index in [0.717, 1.165) is 12.3 Å². The molecule has 0 saturated heterocycles. The van der Waals surface area contributed by atoms with Gasteiger partial charge >= 0.3 is 0 Å². The standard InChI is InChI=1S/C6H12Cl/c1-6(2)4-3-5-7/h3-5H2,1-2H3. The van der Waals surface area contributed by atoms with E-state index >= 15 is 0 Å². The molecular weight excluding hydrogens is 108 g/mol. The molecule has 0 rings (SSSR count). The lowest BCUT2D eigenvalue weighted by atomic mass is 10.1. The Hall–Kier alpha value is 0.290. The third-order valence-corrected chi connectivity index (χ3v) is 1.08. The van der Waals surface area contributed by atoms with Crippen LogP contribution in [0, 0.1) is 5.92 Å². The van der Waals surface area contributed by atoms with E-state index in [4.69, 9.17) is 11.6 Å². The van der Waals surface area contributed by atoms with Crippen molar-refractivity contribution in [1.82, 2.24) is 0 Å². The Morgan fingerprint density at radius 2 is 2.00 bits per heavy atom. The first-order valence-corrected chi connectivity index (χ1v) is 3.16. The van der Waals surface area contributed by atoms with Crippen LogP contribution in [-0.4, -0.2) is 5.88 Å². The summed E-state index contributed by atoms with van der Waals surface area (Å²) >= 11 is 5.43. The van der Waals surface area contributed by atoms with Crippen molar-refractivity contribution in [3.63, 3.8) is 0 Å². The largest absolute Gasteiger partial charge is 0.127 e. The van der Waals surface area contributed by atoms with Crippen molar-refractivity contribution in [1.29, 1.82) is 0 Å². The fourth-order valence-corrected chi connectivity index (χ4v) is 0.554. The lowest BCUT2D eigenvalue weighted by Crippen LogP contribution is -1.83. The molecule has 0 aliphatic heterocycles. The average Bonchev–Trinajstić information content (AvgIpc) is 1.61. The van der Waals surface area contributed by atoms with Crippen LogP contribution in [0.2, 0.25) is 0 Å². The minimum Gasteiger partial charge on any atom is -0.127 e. The Kier molecular flexibility index (Phi) is 4.63. The van der Waals surface area contributed by atoms with E-state index in [0.29, 0.717) is 0 Å². The highest BCUT2D eigenvalue weighted by molar-refractivity contribution is 6.17. The zero-order valence-electron chi connectivity index (χ0n) is 5.00. The Morgan fingerprint density at radius 3 is 2.14 bits per heavy atom. The quantitative estimate of drug-likeness (QED) is 0.501. The van der Waals surface area contributed by atoms with E-state index in [2.05, 4.69) is 13.8 Å². The molecule has 0 N–H and O–H groups in total. The summed E-state index contributed by atoms with van der Waals surface area (Å²) in [6.07, 6.45) is 2.31. The molecule has 0 aromatic heterocycles. The third-order valence-electron chi connectivity index (χ3n) is 0.810. The van der Waals surface area contributed by atoms with Crippen LogP contribution in [0.15, 0.2) is 0 Å². The highest BCUT2D eigenvalue weighted by Gasteiger charge is 1.90. The smallest absolute Gasteiger partial charge is 0.0223 e. The topological polar surface area (TPSA) is 0 Å². The number of hydrogen-bond acceptors (Lipinski definition) is 0. The summed E-state index contributed by atoms with van der Waals surface area (Å²) in [5.41, 5.74) is 0. The third kappa shape index (κ3) is 6.29. The Labute approximate surface area is 50.9 Å². The highest BCUT2D eigenvalue weighted by atomic mass is 35.5. The first-order chi connectivity index (χ1) is 3.27. The van der Waals surface area contributed by atoms with Gasteiger partial charge in [-0.2, -0.15) is 0 Å². The summed E-state index contributed by atoms with van der Waals surface area (Å²) in [5, 5.41) is 0. The Morgan fingerprint density at radius 1 is 1.43 bits per heavy atom. The molecule has 0 spiro atoms. The molecule has 0 nitrogen and oxygen atoms in total. The van der Waals surface area contributed by atoms with Crippen molar-refractivity contribution < 1.29 is 0 Å². The molecule has 0 atom stereocenters. The van der Waals surface area contributed by atoms with E-state index in [1.54, 1.807) is 0 Å². The van der Waals surface area contributed by atoms with E-state index in [-0.39, 0.29) is 0 Å². The molecule has 0 bridgehead atoms. The van der Waals surface area contributed by atoms with Crippen LogP contribution < -0.4 is 0 Å². The summed E-state index contributed by atoms with van der Waals surface area (Å²) in [5.74, 6) is 2.27. The molecule has 0 aliphatic rings. The van der Waals surface area contributed by atoms with E-state index in [9.17, 15) is 0 Å². The SMILES string of the molecule is C[C](C)CCCCl. The van der Waals surface area contributed by atoms with Gasteiger partial charge in [0, 0.05) is 5.88 Å². The minimum atomic E-state index is 0.797. The first-order valence-electron chi connectivity index (χ1n) is 2.62. The lowest BCUT2D eigenvalue weighted by Gasteiger charge is -1.97. The number of hydrogen-bond donors (Lipinski definition) is 0. The second-order valence-electron chi connectivity index (χ2n) is 2.00. The predicted octanol–water partition coefficient (Wildman–Crippen LogP) is 2.62.